The minimum absolute atomic E-state index is 0.0165. The van der Waals surface area contributed by atoms with E-state index < -0.39 is 11.4 Å². The van der Waals surface area contributed by atoms with Crippen molar-refractivity contribution in [3.63, 3.8) is 0 Å². The summed E-state index contributed by atoms with van der Waals surface area (Å²) in [5.74, 6) is 0.416. The number of hydrogen-bond acceptors (Lipinski definition) is 6. The minimum atomic E-state index is -0.884. The number of ether oxygens (including phenoxy) is 4. The van der Waals surface area contributed by atoms with Crippen LogP contribution in [0.1, 0.15) is 58.8 Å². The molecule has 0 bridgehead atoms. The van der Waals surface area contributed by atoms with Gasteiger partial charge in [0, 0.05) is 24.2 Å². The van der Waals surface area contributed by atoms with Crippen LogP contribution in [0.2, 0.25) is 0 Å². The van der Waals surface area contributed by atoms with Crippen LogP contribution in [0, 0.1) is 28.6 Å². The summed E-state index contributed by atoms with van der Waals surface area (Å²) in [5.41, 5.74) is 0.103. The van der Waals surface area contributed by atoms with Gasteiger partial charge in [0.2, 0.25) is 5.79 Å². The Bertz CT molecular complexity index is 807. The lowest BCUT2D eigenvalue weighted by atomic mass is 9.45. The van der Waals surface area contributed by atoms with E-state index in [1.165, 1.54) is 5.57 Å². The van der Waals surface area contributed by atoms with E-state index in [0.717, 1.165) is 32.1 Å². The van der Waals surface area contributed by atoms with Gasteiger partial charge in [0.15, 0.2) is 19.4 Å². The molecule has 2 heterocycles. The normalized spacial score (nSPS) is 53.9. The zero-order valence-corrected chi connectivity index (χ0v) is 17.3. The Kier molecular flexibility index (Phi) is 3.72. The molecule has 6 rings (SSSR count). The van der Waals surface area contributed by atoms with Gasteiger partial charge in [-0.2, -0.15) is 0 Å². The molecule has 7 atom stereocenters. The molecular formula is C23H30O6. The Morgan fingerprint density at radius 1 is 1.00 bits per heavy atom. The van der Waals surface area contributed by atoms with Gasteiger partial charge >= 0.3 is 0 Å². The molecule has 2 spiro atoms. The minimum Gasteiger partial charge on any atom is -0.350 e. The molecule has 3 saturated carbocycles. The fourth-order valence-corrected chi connectivity index (χ4v) is 8.36. The number of Topliss-reactive ketones (excluding diaryl/α,β-unsaturated/α-hetero) is 1. The molecule has 5 fully saturated rings. The van der Waals surface area contributed by atoms with Crippen molar-refractivity contribution in [1.82, 2.24) is 0 Å². The third kappa shape index (κ3) is 2.07. The van der Waals surface area contributed by atoms with Gasteiger partial charge in [0.1, 0.15) is 18.0 Å². The molecule has 0 radical (unpaired) electrons. The molecule has 2 saturated heterocycles. The molecule has 0 unspecified atom stereocenters. The number of carbonyl (C=O) groups excluding carboxylic acids is 2. The van der Waals surface area contributed by atoms with Crippen molar-refractivity contribution in [2.45, 2.75) is 70.2 Å². The first-order valence-electron chi connectivity index (χ1n) is 11.1. The average molecular weight is 402 g/mol. The van der Waals surface area contributed by atoms with Crippen molar-refractivity contribution in [2.75, 3.05) is 20.2 Å². The monoisotopic (exact) mass is 402 g/mol. The molecule has 0 aromatic rings. The third-order valence-electron chi connectivity index (χ3n) is 9.65. The van der Waals surface area contributed by atoms with Gasteiger partial charge in [0.25, 0.3) is 0 Å². The Labute approximate surface area is 171 Å². The standard InChI is InChI=1S/C23H30O6/c1-20-7-5-15(24)9-14(20)3-4-16-17-6-8-22(21(17,2)10-18(25)19(16)20)23(29-13-27-22)11-26-12-28-23/h9,16-17,19H,3-8,10-13H2,1-2H3/t16-,17-,19+,20-,21+,22+,23-/m0/s1. The van der Waals surface area contributed by atoms with Gasteiger partial charge in [-0.05, 0) is 55.4 Å². The largest absolute Gasteiger partial charge is 0.350 e. The summed E-state index contributed by atoms with van der Waals surface area (Å²) in [6, 6.07) is 0. The van der Waals surface area contributed by atoms with Crippen molar-refractivity contribution >= 4 is 11.6 Å². The molecule has 0 aromatic carbocycles. The molecule has 6 aliphatic rings. The van der Waals surface area contributed by atoms with E-state index in [1.807, 2.05) is 6.08 Å². The molecule has 2 aliphatic heterocycles. The zero-order valence-electron chi connectivity index (χ0n) is 17.3. The van der Waals surface area contributed by atoms with Crippen molar-refractivity contribution in [3.05, 3.63) is 11.6 Å². The highest BCUT2D eigenvalue weighted by Crippen LogP contribution is 2.70. The predicted octanol–water partition coefficient (Wildman–Crippen LogP) is 3.14. The number of hydrogen-bond donors (Lipinski definition) is 0. The molecule has 0 amide bonds. The fraction of sp³-hybridized carbons (Fsp3) is 0.826. The SMILES string of the molecule is C[C@]12CCC(=O)C=C1CC[C@@H]1[C@@H]2C(=O)C[C@]2(C)[C@H]1CC[C@@]21OCO[C@@]12COCO2. The van der Waals surface area contributed by atoms with Crippen LogP contribution in [0.3, 0.4) is 0 Å². The number of fused-ring (bicyclic) bond motifs is 7. The lowest BCUT2D eigenvalue weighted by Crippen LogP contribution is -2.65. The van der Waals surface area contributed by atoms with Gasteiger partial charge < -0.3 is 18.9 Å². The van der Waals surface area contributed by atoms with Crippen molar-refractivity contribution in [2.24, 2.45) is 28.6 Å². The second-order valence-electron chi connectivity index (χ2n) is 10.5. The van der Waals surface area contributed by atoms with Gasteiger partial charge in [0.05, 0.1) is 0 Å². The Morgan fingerprint density at radius 3 is 2.62 bits per heavy atom. The van der Waals surface area contributed by atoms with E-state index in [1.54, 1.807) is 0 Å². The summed E-state index contributed by atoms with van der Waals surface area (Å²) in [4.78, 5) is 25.8. The van der Waals surface area contributed by atoms with E-state index in [-0.39, 0.29) is 36.1 Å². The van der Waals surface area contributed by atoms with Crippen LogP contribution in [0.25, 0.3) is 0 Å². The molecule has 158 valence electrons. The van der Waals surface area contributed by atoms with Crippen LogP contribution < -0.4 is 0 Å². The van der Waals surface area contributed by atoms with E-state index in [0.29, 0.717) is 37.1 Å². The van der Waals surface area contributed by atoms with E-state index in [4.69, 9.17) is 18.9 Å². The average Bonchev–Trinajstić information content (AvgIpc) is 3.37. The predicted molar refractivity (Wildman–Crippen MR) is 102 cm³/mol. The number of rotatable bonds is 0. The molecule has 6 heteroatoms. The molecule has 4 aliphatic carbocycles. The number of ketones is 2. The number of carbonyl (C=O) groups is 2. The highest BCUT2D eigenvalue weighted by molar-refractivity contribution is 5.93. The van der Waals surface area contributed by atoms with Crippen LogP contribution in [0.15, 0.2) is 11.6 Å². The molecule has 0 N–H and O–H groups in total. The van der Waals surface area contributed by atoms with E-state index >= 15 is 0 Å². The van der Waals surface area contributed by atoms with Gasteiger partial charge in [-0.1, -0.05) is 19.4 Å². The maximum atomic E-state index is 13.8. The number of allylic oxidation sites excluding steroid dienone is 1. The first-order valence-corrected chi connectivity index (χ1v) is 11.1. The van der Waals surface area contributed by atoms with Gasteiger partial charge in [-0.15, -0.1) is 0 Å². The molecule has 6 nitrogen and oxygen atoms in total. The second kappa shape index (κ2) is 5.78. The van der Waals surface area contributed by atoms with Crippen LogP contribution >= 0.6 is 0 Å². The van der Waals surface area contributed by atoms with Crippen LogP contribution in [0.4, 0.5) is 0 Å². The zero-order chi connectivity index (χ0) is 20.1. The van der Waals surface area contributed by atoms with Crippen LogP contribution in [0.5, 0.6) is 0 Å². The maximum Gasteiger partial charge on any atom is 0.226 e. The Balaban J connectivity index is 1.42. The Morgan fingerprint density at radius 2 is 1.83 bits per heavy atom. The van der Waals surface area contributed by atoms with E-state index in [2.05, 4.69) is 13.8 Å². The summed E-state index contributed by atoms with van der Waals surface area (Å²) < 4.78 is 24.0. The van der Waals surface area contributed by atoms with Gasteiger partial charge in [-0.25, -0.2) is 0 Å². The van der Waals surface area contributed by atoms with E-state index in [9.17, 15) is 9.59 Å². The lowest BCUT2D eigenvalue weighted by molar-refractivity contribution is -0.246. The summed E-state index contributed by atoms with van der Waals surface area (Å²) >= 11 is 0. The quantitative estimate of drug-likeness (QED) is 0.620. The highest BCUT2D eigenvalue weighted by Gasteiger charge is 2.76. The van der Waals surface area contributed by atoms with Crippen LogP contribution in [-0.2, 0) is 28.5 Å². The van der Waals surface area contributed by atoms with Crippen molar-refractivity contribution < 1.29 is 28.5 Å². The highest BCUT2D eigenvalue weighted by atomic mass is 16.9. The third-order valence-corrected chi connectivity index (χ3v) is 9.65. The van der Waals surface area contributed by atoms with Gasteiger partial charge in [-0.3, -0.25) is 9.59 Å². The smallest absolute Gasteiger partial charge is 0.226 e. The lowest BCUT2D eigenvalue weighted by Gasteiger charge is -2.59. The summed E-state index contributed by atoms with van der Waals surface area (Å²) in [6.45, 7) is 5.24. The molecule has 29 heavy (non-hydrogen) atoms. The topological polar surface area (TPSA) is 71.1 Å². The molecule has 0 aromatic heterocycles. The van der Waals surface area contributed by atoms with Crippen LogP contribution in [-0.4, -0.2) is 43.1 Å². The summed E-state index contributed by atoms with van der Waals surface area (Å²) in [6.07, 6.45) is 7.48. The summed E-state index contributed by atoms with van der Waals surface area (Å²) in [5, 5.41) is 0. The van der Waals surface area contributed by atoms with Crippen molar-refractivity contribution in [3.8, 4) is 0 Å². The Hall–Kier alpha value is -1.08. The second-order valence-corrected chi connectivity index (χ2v) is 10.5. The first-order chi connectivity index (χ1) is 13.9. The summed E-state index contributed by atoms with van der Waals surface area (Å²) in [7, 11) is 0. The fourth-order valence-electron chi connectivity index (χ4n) is 8.36. The maximum absolute atomic E-state index is 13.8. The van der Waals surface area contributed by atoms with Crippen molar-refractivity contribution in [1.29, 1.82) is 0 Å². The molecular weight excluding hydrogens is 372 g/mol. The first kappa shape index (κ1) is 18.7.